The molecule has 0 atom stereocenters. The number of fused-ring (bicyclic) bond motifs is 1. The molecule has 138 valence electrons. The Labute approximate surface area is 162 Å². The molecule has 0 aromatic heterocycles. The van der Waals surface area contributed by atoms with Gasteiger partial charge in [0.2, 0.25) is 12.5 Å². The van der Waals surface area contributed by atoms with Gasteiger partial charge in [-0.05, 0) is 35.4 Å². The molecule has 0 unspecified atom stereocenters. The molecule has 0 amide bonds. The van der Waals surface area contributed by atoms with Crippen LogP contribution in [0.5, 0.6) is 17.2 Å². The van der Waals surface area contributed by atoms with Gasteiger partial charge in [0.15, 0.2) is 11.5 Å². The van der Waals surface area contributed by atoms with Gasteiger partial charge in [-0.1, -0.05) is 28.1 Å². The van der Waals surface area contributed by atoms with Gasteiger partial charge in [0.25, 0.3) is 0 Å². The first-order chi connectivity index (χ1) is 12.7. The topological polar surface area (TPSA) is 34.2 Å². The summed E-state index contributed by atoms with van der Waals surface area (Å²) >= 11 is 3.55. The predicted octanol–water partition coefficient (Wildman–Crippen LogP) is 3.50. The fourth-order valence-electron chi connectivity index (χ4n) is 3.53. The number of ether oxygens (including phenoxy) is 3. The van der Waals surface area contributed by atoms with Crippen molar-refractivity contribution in [2.24, 2.45) is 0 Å². The van der Waals surface area contributed by atoms with Crippen molar-refractivity contribution in [3.05, 3.63) is 52.0 Å². The van der Waals surface area contributed by atoms with Crippen LogP contribution in [0, 0.1) is 0 Å². The van der Waals surface area contributed by atoms with Crippen LogP contribution in [0.2, 0.25) is 0 Å². The van der Waals surface area contributed by atoms with Crippen LogP contribution in [0.25, 0.3) is 0 Å². The van der Waals surface area contributed by atoms with Gasteiger partial charge in [-0.25, -0.2) is 0 Å². The Morgan fingerprint density at radius 1 is 0.962 bits per heavy atom. The summed E-state index contributed by atoms with van der Waals surface area (Å²) in [5, 5.41) is 0. The summed E-state index contributed by atoms with van der Waals surface area (Å²) in [4.78, 5) is 4.99. The molecule has 6 heteroatoms. The van der Waals surface area contributed by atoms with Crippen LogP contribution < -0.4 is 14.2 Å². The molecule has 0 spiro atoms. The molecule has 2 aromatic carbocycles. The van der Waals surface area contributed by atoms with E-state index in [0.717, 1.165) is 61.0 Å². The molecule has 1 saturated heterocycles. The lowest BCUT2D eigenvalue weighted by molar-refractivity contribution is 0.122. The third-order valence-corrected chi connectivity index (χ3v) is 5.38. The third-order valence-electron chi connectivity index (χ3n) is 4.88. The summed E-state index contributed by atoms with van der Waals surface area (Å²) in [6, 6.07) is 12.7. The summed E-state index contributed by atoms with van der Waals surface area (Å²) in [5.41, 5.74) is 2.56. The number of piperazine rings is 1. The largest absolute Gasteiger partial charge is 0.493 e. The second-order valence-corrected chi connectivity index (χ2v) is 7.63. The summed E-state index contributed by atoms with van der Waals surface area (Å²) < 4.78 is 17.6. The fraction of sp³-hybridized carbons (Fsp3) is 0.400. The Bertz CT molecular complexity index is 776. The standard InChI is InChI=1S/C20H23BrN2O3/c1-24-18-10-16(11-19-20(18)26-14-25-19)13-23-7-5-22(6-8-23)12-15-3-2-4-17(21)9-15/h2-4,9-11H,5-8,12-14H2,1H3. The van der Waals surface area contributed by atoms with Crippen LogP contribution in [-0.2, 0) is 13.1 Å². The number of hydrogen-bond acceptors (Lipinski definition) is 5. The lowest BCUT2D eigenvalue weighted by atomic mass is 10.1. The Balaban J connectivity index is 1.34. The van der Waals surface area contributed by atoms with Gasteiger partial charge in [0.05, 0.1) is 7.11 Å². The smallest absolute Gasteiger partial charge is 0.231 e. The Hall–Kier alpha value is -1.76. The Kier molecular flexibility index (Phi) is 5.33. The molecule has 0 bridgehead atoms. The number of methoxy groups -OCH3 is 1. The van der Waals surface area contributed by atoms with E-state index >= 15 is 0 Å². The van der Waals surface area contributed by atoms with E-state index in [1.165, 1.54) is 11.1 Å². The lowest BCUT2D eigenvalue weighted by Crippen LogP contribution is -2.45. The maximum Gasteiger partial charge on any atom is 0.231 e. The van der Waals surface area contributed by atoms with E-state index < -0.39 is 0 Å². The minimum absolute atomic E-state index is 0.267. The first-order valence-electron chi connectivity index (χ1n) is 8.87. The van der Waals surface area contributed by atoms with Crippen LogP contribution in [0.3, 0.4) is 0 Å². The molecule has 1 fully saturated rings. The first kappa shape index (κ1) is 17.6. The number of halogens is 1. The number of hydrogen-bond donors (Lipinski definition) is 0. The molecule has 2 heterocycles. The molecule has 2 aliphatic rings. The van der Waals surface area contributed by atoms with E-state index in [2.05, 4.69) is 62.1 Å². The summed E-state index contributed by atoms with van der Waals surface area (Å²) in [5.74, 6) is 2.26. The van der Waals surface area contributed by atoms with Crippen molar-refractivity contribution in [1.29, 1.82) is 0 Å². The molecule has 26 heavy (non-hydrogen) atoms. The van der Waals surface area contributed by atoms with Gasteiger partial charge >= 0.3 is 0 Å². The highest BCUT2D eigenvalue weighted by Gasteiger charge is 2.22. The monoisotopic (exact) mass is 418 g/mol. The second-order valence-electron chi connectivity index (χ2n) is 6.71. The van der Waals surface area contributed by atoms with E-state index in [4.69, 9.17) is 14.2 Å². The maximum atomic E-state index is 5.53. The maximum absolute atomic E-state index is 5.53. The SMILES string of the molecule is COc1cc(CN2CCN(Cc3cccc(Br)c3)CC2)cc2c1OCO2. The molecule has 0 aliphatic carbocycles. The van der Waals surface area contributed by atoms with E-state index in [9.17, 15) is 0 Å². The van der Waals surface area contributed by atoms with Crippen LogP contribution in [0.1, 0.15) is 11.1 Å². The molecule has 5 nitrogen and oxygen atoms in total. The normalized spacial score (nSPS) is 17.5. The number of rotatable bonds is 5. The van der Waals surface area contributed by atoms with Crippen molar-refractivity contribution in [2.75, 3.05) is 40.1 Å². The van der Waals surface area contributed by atoms with Gasteiger partial charge in [-0.15, -0.1) is 0 Å². The second kappa shape index (κ2) is 7.86. The summed E-state index contributed by atoms with van der Waals surface area (Å²) in [6.07, 6.45) is 0. The highest BCUT2D eigenvalue weighted by Crippen LogP contribution is 2.42. The minimum atomic E-state index is 0.267. The third kappa shape index (κ3) is 3.98. The van der Waals surface area contributed by atoms with Crippen molar-refractivity contribution in [2.45, 2.75) is 13.1 Å². The average molecular weight is 419 g/mol. The fourth-order valence-corrected chi connectivity index (χ4v) is 3.98. The molecule has 0 N–H and O–H groups in total. The van der Waals surface area contributed by atoms with Gasteiger partial charge < -0.3 is 14.2 Å². The van der Waals surface area contributed by atoms with Gasteiger partial charge in [0, 0.05) is 43.7 Å². The zero-order valence-corrected chi connectivity index (χ0v) is 16.5. The predicted molar refractivity (Wildman–Crippen MR) is 104 cm³/mol. The van der Waals surface area contributed by atoms with Crippen LogP contribution in [0.15, 0.2) is 40.9 Å². The quantitative estimate of drug-likeness (QED) is 0.741. The van der Waals surface area contributed by atoms with E-state index in [0.29, 0.717) is 0 Å². The van der Waals surface area contributed by atoms with Crippen molar-refractivity contribution in [3.8, 4) is 17.2 Å². The van der Waals surface area contributed by atoms with E-state index in [1.54, 1.807) is 7.11 Å². The Morgan fingerprint density at radius 3 is 2.38 bits per heavy atom. The van der Waals surface area contributed by atoms with Crippen LogP contribution >= 0.6 is 15.9 Å². The molecule has 2 aromatic rings. The van der Waals surface area contributed by atoms with Crippen molar-refractivity contribution >= 4 is 15.9 Å². The summed E-state index contributed by atoms with van der Waals surface area (Å²) in [6.45, 7) is 6.45. The molecule has 2 aliphatic heterocycles. The molecule has 4 rings (SSSR count). The van der Waals surface area contributed by atoms with Gasteiger partial charge in [-0.3, -0.25) is 9.80 Å². The first-order valence-corrected chi connectivity index (χ1v) is 9.66. The molecule has 0 saturated carbocycles. The molecule has 0 radical (unpaired) electrons. The zero-order valence-electron chi connectivity index (χ0n) is 14.9. The van der Waals surface area contributed by atoms with Gasteiger partial charge in [0.1, 0.15) is 0 Å². The van der Waals surface area contributed by atoms with E-state index in [-0.39, 0.29) is 6.79 Å². The minimum Gasteiger partial charge on any atom is -0.493 e. The lowest BCUT2D eigenvalue weighted by Gasteiger charge is -2.34. The number of benzene rings is 2. The number of nitrogens with zero attached hydrogens (tertiary/aromatic N) is 2. The highest BCUT2D eigenvalue weighted by atomic mass is 79.9. The highest BCUT2D eigenvalue weighted by molar-refractivity contribution is 9.10. The summed E-state index contributed by atoms with van der Waals surface area (Å²) in [7, 11) is 1.67. The van der Waals surface area contributed by atoms with Crippen molar-refractivity contribution in [3.63, 3.8) is 0 Å². The van der Waals surface area contributed by atoms with Crippen molar-refractivity contribution < 1.29 is 14.2 Å². The zero-order chi connectivity index (χ0) is 17.9. The Morgan fingerprint density at radius 2 is 1.69 bits per heavy atom. The van der Waals surface area contributed by atoms with Crippen LogP contribution in [0.4, 0.5) is 0 Å². The average Bonchev–Trinajstić information content (AvgIpc) is 3.11. The molecular weight excluding hydrogens is 396 g/mol. The van der Waals surface area contributed by atoms with Crippen molar-refractivity contribution in [1.82, 2.24) is 9.80 Å². The molecular formula is C20H23BrN2O3. The van der Waals surface area contributed by atoms with Crippen LogP contribution in [-0.4, -0.2) is 49.9 Å². The van der Waals surface area contributed by atoms with E-state index in [1.807, 2.05) is 0 Å². The van der Waals surface area contributed by atoms with Gasteiger partial charge in [-0.2, -0.15) is 0 Å².